The molecule has 0 aliphatic heterocycles. The van der Waals surface area contributed by atoms with Gasteiger partial charge < -0.3 is 21.3 Å². The zero-order valence-electron chi connectivity index (χ0n) is 11.5. The Morgan fingerprint density at radius 3 is 2.50 bits per heavy atom. The molecule has 0 aliphatic carbocycles. The quantitative estimate of drug-likeness (QED) is 0.376. The Balaban J connectivity index is 2.16. The van der Waals surface area contributed by atoms with Gasteiger partial charge in [0.1, 0.15) is 12.0 Å². The number of rotatable bonds is 10. The molecule has 1 aromatic rings. The summed E-state index contributed by atoms with van der Waals surface area (Å²) in [6.45, 7) is 1.22. The topological polar surface area (TPSA) is 111 Å². The lowest BCUT2D eigenvalue weighted by Gasteiger charge is -2.09. The number of unbranched alkanes of at least 4 members (excludes halogenated alkanes) is 2. The summed E-state index contributed by atoms with van der Waals surface area (Å²) in [4.78, 5) is 10.3. The standard InChI is InChI=1S/C14H23N3O3/c15-14(16)17-10-11-5-7-12(8-6-11)20-9-3-1-2-4-13(18)19/h5-8,14,17H,1-4,9-10,15-16H2,(H,18,19). The minimum atomic E-state index is -0.743. The normalized spacial score (nSPS) is 10.8. The summed E-state index contributed by atoms with van der Waals surface area (Å²) in [6, 6.07) is 7.71. The van der Waals surface area contributed by atoms with Crippen molar-refractivity contribution < 1.29 is 14.6 Å². The molecule has 0 aliphatic rings. The Bertz CT molecular complexity index is 393. The largest absolute Gasteiger partial charge is 0.494 e. The first kappa shape index (κ1) is 16.4. The van der Waals surface area contributed by atoms with Crippen LogP contribution in [0.5, 0.6) is 5.75 Å². The van der Waals surface area contributed by atoms with Gasteiger partial charge in [-0.1, -0.05) is 12.1 Å². The molecule has 0 unspecified atom stereocenters. The van der Waals surface area contributed by atoms with E-state index in [1.54, 1.807) is 0 Å². The maximum Gasteiger partial charge on any atom is 0.303 e. The van der Waals surface area contributed by atoms with Crippen molar-refractivity contribution in [3.8, 4) is 5.75 Å². The van der Waals surface area contributed by atoms with E-state index in [1.807, 2.05) is 24.3 Å². The monoisotopic (exact) mass is 281 g/mol. The number of aliphatic carboxylic acids is 1. The van der Waals surface area contributed by atoms with Gasteiger partial charge in [0, 0.05) is 13.0 Å². The third-order valence-electron chi connectivity index (χ3n) is 2.77. The van der Waals surface area contributed by atoms with E-state index in [0.717, 1.165) is 24.2 Å². The van der Waals surface area contributed by atoms with Crippen LogP contribution in [0.15, 0.2) is 24.3 Å². The number of benzene rings is 1. The van der Waals surface area contributed by atoms with Crippen LogP contribution in [0.4, 0.5) is 0 Å². The second-order valence-corrected chi connectivity index (χ2v) is 4.60. The highest BCUT2D eigenvalue weighted by Crippen LogP contribution is 2.13. The molecule has 6 heteroatoms. The smallest absolute Gasteiger partial charge is 0.303 e. The molecule has 20 heavy (non-hydrogen) atoms. The summed E-state index contributed by atoms with van der Waals surface area (Å²) in [5, 5.41) is 11.4. The molecule has 1 rings (SSSR count). The first-order valence-corrected chi connectivity index (χ1v) is 6.76. The lowest BCUT2D eigenvalue weighted by Crippen LogP contribution is -2.44. The van der Waals surface area contributed by atoms with E-state index in [9.17, 15) is 4.79 Å². The second kappa shape index (κ2) is 9.30. The predicted molar refractivity (Wildman–Crippen MR) is 77.0 cm³/mol. The van der Waals surface area contributed by atoms with Crippen molar-refractivity contribution in [2.24, 2.45) is 11.5 Å². The van der Waals surface area contributed by atoms with Gasteiger partial charge in [-0.25, -0.2) is 0 Å². The average Bonchev–Trinajstić information content (AvgIpc) is 2.41. The molecule has 0 atom stereocenters. The van der Waals surface area contributed by atoms with Crippen LogP contribution >= 0.6 is 0 Å². The van der Waals surface area contributed by atoms with Gasteiger partial charge in [0.05, 0.1) is 6.61 Å². The van der Waals surface area contributed by atoms with Crippen LogP contribution in [-0.4, -0.2) is 24.0 Å². The molecule has 0 spiro atoms. The fourth-order valence-electron chi connectivity index (χ4n) is 1.68. The van der Waals surface area contributed by atoms with Crippen LogP contribution in [0, 0.1) is 0 Å². The van der Waals surface area contributed by atoms with Crippen LogP contribution in [0.1, 0.15) is 31.2 Å². The summed E-state index contributed by atoms with van der Waals surface area (Å²) >= 11 is 0. The number of ether oxygens (including phenoxy) is 1. The average molecular weight is 281 g/mol. The van der Waals surface area contributed by atoms with Gasteiger partial charge in [0.2, 0.25) is 0 Å². The van der Waals surface area contributed by atoms with Crippen LogP contribution in [-0.2, 0) is 11.3 Å². The lowest BCUT2D eigenvalue weighted by atomic mass is 10.2. The minimum Gasteiger partial charge on any atom is -0.494 e. The molecule has 0 amide bonds. The summed E-state index contributed by atoms with van der Waals surface area (Å²) < 4.78 is 5.58. The van der Waals surface area contributed by atoms with Crippen molar-refractivity contribution in [3.63, 3.8) is 0 Å². The van der Waals surface area contributed by atoms with Crippen molar-refractivity contribution in [1.29, 1.82) is 0 Å². The number of nitrogens with two attached hydrogens (primary N) is 2. The van der Waals surface area contributed by atoms with Crippen LogP contribution in [0.25, 0.3) is 0 Å². The Morgan fingerprint density at radius 1 is 1.20 bits per heavy atom. The van der Waals surface area contributed by atoms with Gasteiger partial charge in [-0.05, 0) is 37.0 Å². The van der Waals surface area contributed by atoms with Crippen LogP contribution in [0.3, 0.4) is 0 Å². The SMILES string of the molecule is NC(N)NCc1ccc(OCCCCCC(=O)O)cc1. The third kappa shape index (κ3) is 7.73. The number of hydrogen-bond acceptors (Lipinski definition) is 5. The van der Waals surface area contributed by atoms with E-state index in [-0.39, 0.29) is 6.42 Å². The summed E-state index contributed by atoms with van der Waals surface area (Å²) in [7, 11) is 0. The van der Waals surface area contributed by atoms with E-state index in [0.29, 0.717) is 19.6 Å². The van der Waals surface area contributed by atoms with Crippen molar-refractivity contribution in [1.82, 2.24) is 5.32 Å². The summed E-state index contributed by atoms with van der Waals surface area (Å²) in [5.41, 5.74) is 11.9. The number of nitrogens with one attached hydrogen (secondary N) is 1. The summed E-state index contributed by atoms with van der Waals surface area (Å²) in [5.74, 6) is 0.0661. The fourth-order valence-corrected chi connectivity index (χ4v) is 1.68. The molecule has 0 heterocycles. The molecule has 0 aromatic heterocycles. The highest BCUT2D eigenvalue weighted by Gasteiger charge is 1.99. The van der Waals surface area contributed by atoms with Crippen molar-refractivity contribution in [3.05, 3.63) is 29.8 Å². The van der Waals surface area contributed by atoms with Gasteiger partial charge in [0.15, 0.2) is 0 Å². The Labute approximate surface area is 119 Å². The van der Waals surface area contributed by atoms with Crippen molar-refractivity contribution >= 4 is 5.97 Å². The number of hydrogen-bond donors (Lipinski definition) is 4. The lowest BCUT2D eigenvalue weighted by molar-refractivity contribution is -0.137. The van der Waals surface area contributed by atoms with E-state index in [2.05, 4.69) is 5.32 Å². The Kier molecular flexibility index (Phi) is 7.64. The van der Waals surface area contributed by atoms with Gasteiger partial charge >= 0.3 is 5.97 Å². The van der Waals surface area contributed by atoms with Crippen molar-refractivity contribution in [2.75, 3.05) is 6.61 Å². The highest BCUT2D eigenvalue weighted by molar-refractivity contribution is 5.66. The maximum atomic E-state index is 10.3. The van der Waals surface area contributed by atoms with Crippen LogP contribution in [0.2, 0.25) is 0 Å². The van der Waals surface area contributed by atoms with Gasteiger partial charge in [-0.2, -0.15) is 0 Å². The Morgan fingerprint density at radius 2 is 1.90 bits per heavy atom. The van der Waals surface area contributed by atoms with E-state index in [1.165, 1.54) is 0 Å². The first-order chi connectivity index (χ1) is 9.58. The molecule has 0 fully saturated rings. The molecular formula is C14H23N3O3. The zero-order chi connectivity index (χ0) is 14.8. The molecule has 0 bridgehead atoms. The molecule has 6 N–H and O–H groups in total. The molecule has 0 radical (unpaired) electrons. The Hall–Kier alpha value is -1.63. The maximum absolute atomic E-state index is 10.3. The van der Waals surface area contributed by atoms with Crippen LogP contribution < -0.4 is 21.5 Å². The first-order valence-electron chi connectivity index (χ1n) is 6.76. The van der Waals surface area contributed by atoms with E-state index < -0.39 is 12.3 Å². The molecule has 6 nitrogen and oxygen atoms in total. The molecule has 112 valence electrons. The number of carboxylic acids is 1. The zero-order valence-corrected chi connectivity index (χ0v) is 11.5. The molecular weight excluding hydrogens is 258 g/mol. The van der Waals surface area contributed by atoms with E-state index >= 15 is 0 Å². The van der Waals surface area contributed by atoms with Gasteiger partial charge in [-0.3, -0.25) is 10.1 Å². The molecule has 0 saturated heterocycles. The predicted octanol–water partition coefficient (Wildman–Crippen LogP) is 1.00. The van der Waals surface area contributed by atoms with Gasteiger partial charge in [0.25, 0.3) is 0 Å². The second-order valence-electron chi connectivity index (χ2n) is 4.60. The number of carbonyl (C=O) groups is 1. The minimum absolute atomic E-state index is 0.227. The molecule has 0 saturated carbocycles. The van der Waals surface area contributed by atoms with Gasteiger partial charge in [-0.15, -0.1) is 0 Å². The third-order valence-corrected chi connectivity index (χ3v) is 2.77. The fraction of sp³-hybridized carbons (Fsp3) is 0.500. The van der Waals surface area contributed by atoms with E-state index in [4.69, 9.17) is 21.3 Å². The summed E-state index contributed by atoms with van der Waals surface area (Å²) in [6.07, 6.45) is 2.13. The van der Waals surface area contributed by atoms with Crippen molar-refractivity contribution in [2.45, 2.75) is 38.5 Å². The highest BCUT2D eigenvalue weighted by atomic mass is 16.5. The molecule has 1 aromatic carbocycles. The number of carboxylic acid groups (broad SMARTS) is 1.